The van der Waals surface area contributed by atoms with E-state index >= 15 is 0 Å². The number of ether oxygens (including phenoxy) is 1. The fraction of sp³-hybridized carbons (Fsp3) is 0.111. The first-order chi connectivity index (χ1) is 6.31. The molecular formula is C9H7NO3. The third-order valence-electron chi connectivity index (χ3n) is 1.92. The summed E-state index contributed by atoms with van der Waals surface area (Å²) in [7, 11) is 0. The van der Waals surface area contributed by atoms with Gasteiger partial charge in [-0.25, -0.2) is 4.79 Å². The van der Waals surface area contributed by atoms with Crippen molar-refractivity contribution < 1.29 is 14.7 Å². The van der Waals surface area contributed by atoms with E-state index in [2.05, 4.69) is 5.16 Å². The second kappa shape index (κ2) is 2.90. The molecule has 1 aromatic rings. The molecule has 0 saturated heterocycles. The molecule has 4 heteroatoms. The van der Waals surface area contributed by atoms with Gasteiger partial charge in [-0.05, 0) is 11.6 Å². The standard InChI is InChI=1S/C9H7NO3/c11-9-8-3-6(4-10-12)1-2-7(8)5-13-9/h1-4,12H,5H2/b10-4+. The van der Waals surface area contributed by atoms with Gasteiger partial charge in [-0.2, -0.15) is 0 Å². The van der Waals surface area contributed by atoms with Gasteiger partial charge in [-0.3, -0.25) is 0 Å². The molecule has 4 nitrogen and oxygen atoms in total. The van der Waals surface area contributed by atoms with Gasteiger partial charge in [0.2, 0.25) is 0 Å². The number of carbonyl (C=O) groups excluding carboxylic acids is 1. The maximum Gasteiger partial charge on any atom is 0.338 e. The van der Waals surface area contributed by atoms with Crippen LogP contribution in [0.5, 0.6) is 0 Å². The van der Waals surface area contributed by atoms with Crippen LogP contribution in [0.4, 0.5) is 0 Å². The zero-order chi connectivity index (χ0) is 9.26. The summed E-state index contributed by atoms with van der Waals surface area (Å²) in [5, 5.41) is 11.2. The smallest absolute Gasteiger partial charge is 0.338 e. The number of benzene rings is 1. The first-order valence-corrected chi connectivity index (χ1v) is 3.79. The van der Waals surface area contributed by atoms with Crippen molar-refractivity contribution in [2.75, 3.05) is 0 Å². The number of fused-ring (bicyclic) bond motifs is 1. The SMILES string of the molecule is O=C1OCc2ccc(/C=N/O)cc21. The average molecular weight is 177 g/mol. The van der Waals surface area contributed by atoms with Gasteiger partial charge in [0.05, 0.1) is 11.8 Å². The van der Waals surface area contributed by atoms with Crippen LogP contribution in [-0.4, -0.2) is 17.4 Å². The molecule has 0 amide bonds. The van der Waals surface area contributed by atoms with Crippen LogP contribution in [0.25, 0.3) is 0 Å². The zero-order valence-corrected chi connectivity index (χ0v) is 6.73. The molecule has 1 aliphatic rings. The lowest BCUT2D eigenvalue weighted by Crippen LogP contribution is -1.94. The van der Waals surface area contributed by atoms with Crippen LogP contribution in [-0.2, 0) is 11.3 Å². The molecule has 0 radical (unpaired) electrons. The normalized spacial score (nSPS) is 14.6. The molecule has 66 valence electrons. The Morgan fingerprint density at radius 2 is 2.38 bits per heavy atom. The van der Waals surface area contributed by atoms with Crippen molar-refractivity contribution in [2.45, 2.75) is 6.61 Å². The molecule has 1 aromatic carbocycles. The second-order valence-electron chi connectivity index (χ2n) is 2.74. The van der Waals surface area contributed by atoms with E-state index in [1.165, 1.54) is 6.21 Å². The molecule has 0 fully saturated rings. The number of nitrogens with zero attached hydrogens (tertiary/aromatic N) is 1. The molecule has 0 atom stereocenters. The maximum atomic E-state index is 11.1. The summed E-state index contributed by atoms with van der Waals surface area (Å²) in [6.07, 6.45) is 1.27. The van der Waals surface area contributed by atoms with Gasteiger partial charge in [0, 0.05) is 5.56 Å². The fourth-order valence-electron chi connectivity index (χ4n) is 1.28. The Morgan fingerprint density at radius 3 is 3.15 bits per heavy atom. The summed E-state index contributed by atoms with van der Waals surface area (Å²) in [6, 6.07) is 5.20. The summed E-state index contributed by atoms with van der Waals surface area (Å²) in [6.45, 7) is 0.338. The van der Waals surface area contributed by atoms with Crippen molar-refractivity contribution in [1.82, 2.24) is 0 Å². The summed E-state index contributed by atoms with van der Waals surface area (Å²) < 4.78 is 4.81. The molecule has 0 spiro atoms. The molecule has 13 heavy (non-hydrogen) atoms. The van der Waals surface area contributed by atoms with Gasteiger partial charge in [-0.1, -0.05) is 17.3 Å². The summed E-state index contributed by atoms with van der Waals surface area (Å²) in [5.41, 5.74) is 2.11. The van der Waals surface area contributed by atoms with E-state index in [9.17, 15) is 4.79 Å². The predicted molar refractivity (Wildman–Crippen MR) is 44.9 cm³/mol. The highest BCUT2D eigenvalue weighted by molar-refractivity contribution is 5.95. The van der Waals surface area contributed by atoms with Gasteiger partial charge in [0.25, 0.3) is 0 Å². The monoisotopic (exact) mass is 177 g/mol. The Kier molecular flexibility index (Phi) is 1.73. The van der Waals surface area contributed by atoms with Crippen molar-refractivity contribution in [1.29, 1.82) is 0 Å². The molecule has 2 rings (SSSR count). The van der Waals surface area contributed by atoms with Crippen LogP contribution in [0, 0.1) is 0 Å². The third kappa shape index (κ3) is 1.26. The van der Waals surface area contributed by atoms with E-state index in [0.717, 1.165) is 5.56 Å². The molecule has 1 heterocycles. The number of hydrogen-bond donors (Lipinski definition) is 1. The van der Waals surface area contributed by atoms with E-state index in [4.69, 9.17) is 9.94 Å². The van der Waals surface area contributed by atoms with Crippen LogP contribution in [0.2, 0.25) is 0 Å². The summed E-state index contributed by atoms with van der Waals surface area (Å²) >= 11 is 0. The van der Waals surface area contributed by atoms with Crippen molar-refractivity contribution in [2.24, 2.45) is 5.16 Å². The Hall–Kier alpha value is -1.84. The van der Waals surface area contributed by atoms with Crippen LogP contribution < -0.4 is 0 Å². The molecule has 0 bridgehead atoms. The Labute approximate surface area is 74.4 Å². The van der Waals surface area contributed by atoms with Crippen molar-refractivity contribution in [3.63, 3.8) is 0 Å². The lowest BCUT2D eigenvalue weighted by Gasteiger charge is -1.94. The van der Waals surface area contributed by atoms with Gasteiger partial charge in [0.1, 0.15) is 6.61 Å². The Balaban J connectivity index is 2.47. The molecule has 0 saturated carbocycles. The topological polar surface area (TPSA) is 58.9 Å². The maximum absolute atomic E-state index is 11.1. The molecule has 0 unspecified atom stereocenters. The van der Waals surface area contributed by atoms with Crippen LogP contribution >= 0.6 is 0 Å². The van der Waals surface area contributed by atoms with E-state index in [1.807, 2.05) is 0 Å². The highest BCUT2D eigenvalue weighted by Crippen LogP contribution is 2.20. The molecule has 1 aliphatic heterocycles. The number of carbonyl (C=O) groups is 1. The number of cyclic esters (lactones) is 1. The second-order valence-corrected chi connectivity index (χ2v) is 2.74. The van der Waals surface area contributed by atoms with Crippen LogP contribution in [0.1, 0.15) is 21.5 Å². The van der Waals surface area contributed by atoms with Gasteiger partial charge in [-0.15, -0.1) is 0 Å². The van der Waals surface area contributed by atoms with E-state index in [0.29, 0.717) is 17.7 Å². The van der Waals surface area contributed by atoms with E-state index < -0.39 is 0 Å². The minimum absolute atomic E-state index is 0.316. The lowest BCUT2D eigenvalue weighted by molar-refractivity contribution is 0.0535. The minimum atomic E-state index is -0.316. The highest BCUT2D eigenvalue weighted by Gasteiger charge is 2.20. The summed E-state index contributed by atoms with van der Waals surface area (Å²) in [5.74, 6) is -0.316. The van der Waals surface area contributed by atoms with Crippen molar-refractivity contribution in [3.05, 3.63) is 34.9 Å². The highest BCUT2D eigenvalue weighted by atomic mass is 16.5. The minimum Gasteiger partial charge on any atom is -0.457 e. The van der Waals surface area contributed by atoms with Gasteiger partial charge in [0.15, 0.2) is 0 Å². The molecule has 1 N–H and O–H groups in total. The predicted octanol–water partition coefficient (Wildman–Crippen LogP) is 1.17. The third-order valence-corrected chi connectivity index (χ3v) is 1.92. The van der Waals surface area contributed by atoms with E-state index in [-0.39, 0.29) is 5.97 Å². The Bertz CT molecular complexity index is 384. The van der Waals surface area contributed by atoms with Crippen LogP contribution in [0.3, 0.4) is 0 Å². The van der Waals surface area contributed by atoms with Crippen LogP contribution in [0.15, 0.2) is 23.4 Å². The Morgan fingerprint density at radius 1 is 1.54 bits per heavy atom. The zero-order valence-electron chi connectivity index (χ0n) is 6.73. The van der Waals surface area contributed by atoms with Crippen molar-refractivity contribution >= 4 is 12.2 Å². The average Bonchev–Trinajstić information content (AvgIpc) is 2.49. The number of hydrogen-bond acceptors (Lipinski definition) is 4. The summed E-state index contributed by atoms with van der Waals surface area (Å²) in [4.78, 5) is 11.1. The largest absolute Gasteiger partial charge is 0.457 e. The number of esters is 1. The van der Waals surface area contributed by atoms with Gasteiger partial charge >= 0.3 is 5.97 Å². The van der Waals surface area contributed by atoms with E-state index in [1.54, 1.807) is 18.2 Å². The quantitative estimate of drug-likeness (QED) is 0.303. The fourth-order valence-corrected chi connectivity index (χ4v) is 1.28. The molecule has 0 aromatic heterocycles. The molecular weight excluding hydrogens is 170 g/mol. The number of oxime groups is 1. The van der Waals surface area contributed by atoms with Crippen molar-refractivity contribution in [3.8, 4) is 0 Å². The lowest BCUT2D eigenvalue weighted by atomic mass is 10.1. The molecule has 0 aliphatic carbocycles. The first kappa shape index (κ1) is 7.79. The van der Waals surface area contributed by atoms with Gasteiger partial charge < -0.3 is 9.94 Å². The first-order valence-electron chi connectivity index (χ1n) is 3.79. The number of rotatable bonds is 1.